The number of thioether (sulfide) groups is 1. The second-order valence-electron chi connectivity index (χ2n) is 4.00. The van der Waals surface area contributed by atoms with Gasteiger partial charge in [-0.3, -0.25) is 0 Å². The lowest BCUT2D eigenvalue weighted by Crippen LogP contribution is -2.19. The van der Waals surface area contributed by atoms with Crippen LogP contribution in [0.25, 0.3) is 5.57 Å². The molecule has 0 aliphatic rings. The first-order valence-corrected chi connectivity index (χ1v) is 6.78. The van der Waals surface area contributed by atoms with E-state index in [0.717, 1.165) is 0 Å². The van der Waals surface area contributed by atoms with E-state index in [1.54, 1.807) is 12.3 Å². The van der Waals surface area contributed by atoms with E-state index in [9.17, 15) is 14.9 Å². The highest BCUT2D eigenvalue weighted by Crippen LogP contribution is 2.40. The zero-order valence-corrected chi connectivity index (χ0v) is 11.6. The molecular formula is C15H13FN2S. The smallest absolute Gasteiger partial charge is 0.190 e. The van der Waals surface area contributed by atoms with Gasteiger partial charge in [-0.15, -0.1) is 11.8 Å². The van der Waals surface area contributed by atoms with Crippen LogP contribution in [-0.2, 0) is 0 Å². The fourth-order valence-corrected chi connectivity index (χ4v) is 2.24. The predicted molar refractivity (Wildman–Crippen MR) is 76.4 cm³/mol. The summed E-state index contributed by atoms with van der Waals surface area (Å²) < 4.78 is 12.9. The molecule has 0 saturated heterocycles. The molecule has 0 saturated carbocycles. The number of halogens is 1. The lowest BCUT2D eigenvalue weighted by molar-refractivity contribution is 0.627. The van der Waals surface area contributed by atoms with E-state index < -0.39 is 5.41 Å². The molecule has 4 heteroatoms. The van der Waals surface area contributed by atoms with Gasteiger partial charge >= 0.3 is 0 Å². The van der Waals surface area contributed by atoms with Crippen molar-refractivity contribution in [2.24, 2.45) is 5.41 Å². The highest BCUT2D eigenvalue weighted by Gasteiger charge is 2.36. The van der Waals surface area contributed by atoms with E-state index in [2.05, 4.69) is 6.58 Å². The Kier molecular flexibility index (Phi) is 4.92. The van der Waals surface area contributed by atoms with Gasteiger partial charge in [-0.05, 0) is 47.4 Å². The third-order valence-corrected chi connectivity index (χ3v) is 3.46. The molecular weight excluding hydrogens is 259 g/mol. The Balaban J connectivity index is 3.33. The molecule has 1 aromatic rings. The number of allylic oxidation sites excluding steroid dienone is 2. The van der Waals surface area contributed by atoms with Gasteiger partial charge < -0.3 is 0 Å². The van der Waals surface area contributed by atoms with Crippen LogP contribution in [0.2, 0.25) is 0 Å². The van der Waals surface area contributed by atoms with Crippen molar-refractivity contribution in [2.75, 3.05) is 6.26 Å². The average Bonchev–Trinajstić information content (AvgIpc) is 2.41. The Hall–Kier alpha value is -2.04. The zero-order valence-electron chi connectivity index (χ0n) is 10.8. The summed E-state index contributed by atoms with van der Waals surface area (Å²) in [5.41, 5.74) is 0.138. The summed E-state index contributed by atoms with van der Waals surface area (Å²) in [6.07, 6.45) is 1.85. The van der Waals surface area contributed by atoms with E-state index in [1.165, 1.54) is 36.0 Å². The molecule has 0 radical (unpaired) electrons. The van der Waals surface area contributed by atoms with Crippen molar-refractivity contribution >= 4 is 17.3 Å². The van der Waals surface area contributed by atoms with E-state index in [1.807, 2.05) is 18.4 Å². The second kappa shape index (κ2) is 6.22. The standard InChI is InChI=1S/C15H13FN2S/c1-11(8-19-3)15(9-17,10-18)12(2)13-4-6-14(16)7-5-13/h4-8H,2H2,1,3H3. The highest BCUT2D eigenvalue weighted by atomic mass is 32.2. The summed E-state index contributed by atoms with van der Waals surface area (Å²) in [6.45, 7) is 5.57. The van der Waals surface area contributed by atoms with Crippen molar-refractivity contribution in [3.8, 4) is 12.1 Å². The molecule has 0 aliphatic carbocycles. The molecule has 19 heavy (non-hydrogen) atoms. The van der Waals surface area contributed by atoms with Crippen molar-refractivity contribution in [3.63, 3.8) is 0 Å². The van der Waals surface area contributed by atoms with Gasteiger partial charge in [-0.25, -0.2) is 4.39 Å². The van der Waals surface area contributed by atoms with Gasteiger partial charge in [0.05, 0.1) is 12.1 Å². The molecule has 0 heterocycles. The number of benzene rings is 1. The Labute approximate surface area is 116 Å². The van der Waals surface area contributed by atoms with Crippen LogP contribution in [0.15, 0.2) is 41.8 Å². The first kappa shape index (κ1) is 15.0. The van der Waals surface area contributed by atoms with Crippen molar-refractivity contribution in [1.29, 1.82) is 10.5 Å². The molecule has 0 bridgehead atoms. The summed E-state index contributed by atoms with van der Waals surface area (Å²) in [5.74, 6) is -0.368. The van der Waals surface area contributed by atoms with E-state index >= 15 is 0 Å². The third kappa shape index (κ3) is 2.86. The predicted octanol–water partition coefficient (Wildman–Crippen LogP) is 4.14. The van der Waals surface area contributed by atoms with Gasteiger partial charge in [0.2, 0.25) is 0 Å². The average molecular weight is 272 g/mol. The number of rotatable bonds is 4. The molecule has 2 nitrogen and oxygen atoms in total. The summed E-state index contributed by atoms with van der Waals surface area (Å²) in [4.78, 5) is 0. The van der Waals surface area contributed by atoms with Crippen LogP contribution in [0, 0.1) is 33.9 Å². The summed E-state index contributed by atoms with van der Waals surface area (Å²) >= 11 is 1.42. The van der Waals surface area contributed by atoms with Gasteiger partial charge in [0.1, 0.15) is 5.82 Å². The van der Waals surface area contributed by atoms with E-state index in [4.69, 9.17) is 0 Å². The maximum Gasteiger partial charge on any atom is 0.190 e. The lowest BCUT2D eigenvalue weighted by atomic mass is 9.75. The first-order chi connectivity index (χ1) is 9.01. The molecule has 0 aliphatic heterocycles. The minimum Gasteiger partial charge on any atom is -0.207 e. The molecule has 0 unspecified atom stereocenters. The minimum atomic E-state index is -1.42. The molecule has 0 amide bonds. The van der Waals surface area contributed by atoms with Crippen LogP contribution in [0.1, 0.15) is 12.5 Å². The first-order valence-electron chi connectivity index (χ1n) is 5.49. The molecule has 1 aromatic carbocycles. The van der Waals surface area contributed by atoms with Crippen LogP contribution < -0.4 is 0 Å². The largest absolute Gasteiger partial charge is 0.207 e. The Morgan fingerprint density at radius 1 is 1.32 bits per heavy atom. The van der Waals surface area contributed by atoms with E-state index in [0.29, 0.717) is 16.7 Å². The quantitative estimate of drug-likeness (QED) is 0.827. The molecule has 96 valence electrons. The fourth-order valence-electron chi connectivity index (χ4n) is 1.71. The minimum absolute atomic E-state index is 0.361. The third-order valence-electron chi connectivity index (χ3n) is 2.87. The monoisotopic (exact) mass is 272 g/mol. The fraction of sp³-hybridized carbons (Fsp3) is 0.200. The van der Waals surface area contributed by atoms with Gasteiger partial charge in [0, 0.05) is 0 Å². The van der Waals surface area contributed by atoms with Gasteiger partial charge in [-0.1, -0.05) is 18.7 Å². The van der Waals surface area contributed by atoms with Gasteiger partial charge in [0.15, 0.2) is 5.41 Å². The number of nitrogens with zero attached hydrogens (tertiary/aromatic N) is 2. The molecule has 0 N–H and O–H groups in total. The van der Waals surface area contributed by atoms with Crippen LogP contribution >= 0.6 is 11.8 Å². The molecule has 0 fully saturated rings. The SMILES string of the molecule is C=C(c1ccc(F)cc1)C(C#N)(C#N)C(C)=CSC. The van der Waals surface area contributed by atoms with Crippen molar-refractivity contribution in [2.45, 2.75) is 6.92 Å². The zero-order chi connectivity index (χ0) is 14.5. The summed E-state index contributed by atoms with van der Waals surface area (Å²) in [7, 11) is 0. The topological polar surface area (TPSA) is 47.6 Å². The normalized spacial score (nSPS) is 11.5. The Morgan fingerprint density at radius 2 is 1.84 bits per heavy atom. The van der Waals surface area contributed by atoms with Crippen molar-refractivity contribution in [1.82, 2.24) is 0 Å². The number of hydrogen-bond donors (Lipinski definition) is 0. The maximum atomic E-state index is 12.9. The Morgan fingerprint density at radius 3 is 2.26 bits per heavy atom. The van der Waals surface area contributed by atoms with Crippen LogP contribution in [0.5, 0.6) is 0 Å². The highest BCUT2D eigenvalue weighted by molar-refractivity contribution is 8.01. The lowest BCUT2D eigenvalue weighted by Gasteiger charge is -2.22. The summed E-state index contributed by atoms with van der Waals surface area (Å²) in [5, 5.41) is 20.6. The molecule has 0 spiro atoms. The maximum absolute atomic E-state index is 12.9. The van der Waals surface area contributed by atoms with Crippen LogP contribution in [0.4, 0.5) is 4.39 Å². The molecule has 0 aromatic heterocycles. The number of hydrogen-bond acceptors (Lipinski definition) is 3. The second-order valence-corrected chi connectivity index (χ2v) is 4.70. The van der Waals surface area contributed by atoms with Gasteiger partial charge in [-0.2, -0.15) is 10.5 Å². The van der Waals surface area contributed by atoms with Crippen LogP contribution in [0.3, 0.4) is 0 Å². The van der Waals surface area contributed by atoms with Gasteiger partial charge in [0.25, 0.3) is 0 Å². The van der Waals surface area contributed by atoms with Crippen molar-refractivity contribution < 1.29 is 4.39 Å². The van der Waals surface area contributed by atoms with Crippen molar-refractivity contribution in [3.05, 3.63) is 53.2 Å². The summed E-state index contributed by atoms with van der Waals surface area (Å²) in [6, 6.07) is 9.67. The Bertz CT molecular complexity index is 574. The van der Waals surface area contributed by atoms with E-state index in [-0.39, 0.29) is 5.82 Å². The number of nitriles is 2. The molecule has 1 rings (SSSR count). The van der Waals surface area contributed by atoms with Crippen LogP contribution in [-0.4, -0.2) is 6.26 Å². The molecule has 0 atom stereocenters.